The Hall–Kier alpha value is -4.98. The molecule has 0 spiro atoms. The number of methoxy groups -OCH3 is 1. The molecule has 6 atom stereocenters. The topological polar surface area (TPSA) is 142 Å². The van der Waals surface area contributed by atoms with E-state index in [4.69, 9.17) is 37.9 Å². The minimum absolute atomic E-state index is 0.0490. The second-order valence-corrected chi connectivity index (χ2v) is 9.90. The van der Waals surface area contributed by atoms with Gasteiger partial charge in [0.15, 0.2) is 24.6 Å². The van der Waals surface area contributed by atoms with E-state index in [1.165, 1.54) is 6.92 Å². The molecular formula is C35H38O12. The zero-order chi connectivity index (χ0) is 34.6. The van der Waals surface area contributed by atoms with Crippen molar-refractivity contribution >= 4 is 23.9 Å². The van der Waals surface area contributed by atoms with Crippen molar-refractivity contribution in [3.63, 3.8) is 0 Å². The van der Waals surface area contributed by atoms with Crippen LogP contribution in [-0.2, 0) is 58.9 Å². The van der Waals surface area contributed by atoms with Crippen LogP contribution in [0.2, 0.25) is 0 Å². The van der Waals surface area contributed by atoms with E-state index < -0.39 is 60.7 Å². The highest BCUT2D eigenvalue weighted by molar-refractivity contribution is 5.68. The van der Waals surface area contributed by atoms with Gasteiger partial charge in [-0.25, -0.2) is 0 Å². The summed E-state index contributed by atoms with van der Waals surface area (Å²) in [6.07, 6.45) is -6.63. The van der Waals surface area contributed by atoms with Crippen molar-refractivity contribution in [3.8, 4) is 53.1 Å². The first-order valence-corrected chi connectivity index (χ1v) is 14.6. The molecular weight excluding hydrogens is 612 g/mol. The lowest BCUT2D eigenvalue weighted by Gasteiger charge is -2.44. The lowest BCUT2D eigenvalue weighted by Crippen LogP contribution is -2.63. The zero-order valence-corrected chi connectivity index (χ0v) is 27.2. The summed E-state index contributed by atoms with van der Waals surface area (Å²) in [4.78, 5) is 48.0. The molecule has 0 radical (unpaired) electrons. The third-order valence-electron chi connectivity index (χ3n) is 6.12. The summed E-state index contributed by atoms with van der Waals surface area (Å²) in [6.45, 7) is 6.20. The Kier molecular flexibility index (Phi) is 17.0. The number of carbonyl (C=O) groups excluding carboxylic acids is 4. The highest BCUT2D eigenvalue weighted by Gasteiger charge is 2.53. The van der Waals surface area contributed by atoms with Gasteiger partial charge in [0, 0.05) is 34.1 Å². The molecule has 0 amide bonds. The molecule has 0 N–H and O–H groups in total. The van der Waals surface area contributed by atoms with Gasteiger partial charge in [-0.05, 0) is 66.6 Å². The van der Waals surface area contributed by atoms with Gasteiger partial charge in [0.1, 0.15) is 18.5 Å². The normalized spacial score (nSPS) is 20.0. The van der Waals surface area contributed by atoms with E-state index >= 15 is 0 Å². The SMILES string of the molecule is CC#CC#CC#CC#CCC[C@H](COCc1ccc(OC)cc1)O[C@@H]1O[C@H](COC(C)=O)[C@@H](OC(C)=O)[C@H](OC(C)=O)[C@H]1OC(C)=O. The zero-order valence-electron chi connectivity index (χ0n) is 27.2. The largest absolute Gasteiger partial charge is 0.497 e. The quantitative estimate of drug-likeness (QED) is 0.166. The lowest BCUT2D eigenvalue weighted by molar-refractivity contribution is -0.319. The Balaban J connectivity index is 2.37. The molecule has 0 saturated carbocycles. The van der Waals surface area contributed by atoms with Gasteiger partial charge >= 0.3 is 23.9 Å². The summed E-state index contributed by atoms with van der Waals surface area (Å²) in [5, 5.41) is 0. The molecule has 1 aromatic carbocycles. The van der Waals surface area contributed by atoms with Crippen LogP contribution < -0.4 is 4.74 Å². The van der Waals surface area contributed by atoms with Crippen LogP contribution in [0.3, 0.4) is 0 Å². The summed E-state index contributed by atoms with van der Waals surface area (Å²) in [5.74, 6) is 19.0. The Morgan fingerprint density at radius 1 is 0.787 bits per heavy atom. The third-order valence-corrected chi connectivity index (χ3v) is 6.12. The fourth-order valence-corrected chi connectivity index (χ4v) is 4.24. The Bertz CT molecular complexity index is 1470. The summed E-state index contributed by atoms with van der Waals surface area (Å²) in [6, 6.07) is 7.32. The fourth-order valence-electron chi connectivity index (χ4n) is 4.24. The smallest absolute Gasteiger partial charge is 0.303 e. The maximum Gasteiger partial charge on any atom is 0.303 e. The Morgan fingerprint density at radius 3 is 1.98 bits per heavy atom. The molecule has 47 heavy (non-hydrogen) atoms. The minimum Gasteiger partial charge on any atom is -0.497 e. The minimum atomic E-state index is -1.37. The number of esters is 4. The van der Waals surface area contributed by atoms with Crippen LogP contribution in [0.15, 0.2) is 24.3 Å². The van der Waals surface area contributed by atoms with E-state index in [2.05, 4.69) is 47.4 Å². The van der Waals surface area contributed by atoms with Gasteiger partial charge in [0.05, 0.1) is 26.4 Å². The second-order valence-electron chi connectivity index (χ2n) is 9.90. The summed E-state index contributed by atoms with van der Waals surface area (Å²) < 4.78 is 45.1. The fraction of sp³-hybridized carbons (Fsp3) is 0.486. The predicted octanol–water partition coefficient (Wildman–Crippen LogP) is 2.49. The lowest BCUT2D eigenvalue weighted by atomic mass is 9.98. The predicted molar refractivity (Wildman–Crippen MR) is 165 cm³/mol. The standard InChI is InChI=1S/C35H38O12/c1-7-8-9-10-11-12-13-14-15-16-30(22-41-21-28-17-19-29(40-6)20-18-28)46-35-34(45-27(5)39)33(44-26(4)38)32(43-25(3)37)31(47-35)23-42-24(2)36/h17-20,30-35H,15-16,21-23H2,1-6H3/t30-,31-,32-,33+,34-,35-/m1/s1. The molecule has 2 rings (SSSR count). The highest BCUT2D eigenvalue weighted by atomic mass is 16.7. The number of ether oxygens (including phenoxy) is 8. The molecule has 12 nitrogen and oxygen atoms in total. The number of carbonyl (C=O) groups is 4. The van der Waals surface area contributed by atoms with Gasteiger partial charge in [0.25, 0.3) is 0 Å². The first kappa shape index (κ1) is 38.2. The van der Waals surface area contributed by atoms with Gasteiger partial charge in [0.2, 0.25) is 0 Å². The number of rotatable bonds is 14. The van der Waals surface area contributed by atoms with Crippen molar-refractivity contribution in [2.45, 2.75) is 90.9 Å². The molecule has 1 heterocycles. The molecule has 250 valence electrons. The Labute approximate surface area is 275 Å². The molecule has 0 aromatic heterocycles. The van der Waals surface area contributed by atoms with Gasteiger partial charge in [-0.3, -0.25) is 19.2 Å². The van der Waals surface area contributed by atoms with E-state index in [0.29, 0.717) is 18.6 Å². The van der Waals surface area contributed by atoms with Crippen LogP contribution in [0.5, 0.6) is 5.75 Å². The Morgan fingerprint density at radius 2 is 1.38 bits per heavy atom. The molecule has 0 aliphatic carbocycles. The average Bonchev–Trinajstić information content (AvgIpc) is 3.01. The van der Waals surface area contributed by atoms with Crippen LogP contribution >= 0.6 is 0 Å². The summed E-state index contributed by atoms with van der Waals surface area (Å²) in [5.41, 5.74) is 0.876. The number of hydrogen-bond acceptors (Lipinski definition) is 12. The molecule has 1 saturated heterocycles. The van der Waals surface area contributed by atoms with Crippen molar-refractivity contribution in [1.29, 1.82) is 0 Å². The van der Waals surface area contributed by atoms with E-state index in [1.807, 2.05) is 12.1 Å². The van der Waals surface area contributed by atoms with Crippen molar-refractivity contribution in [3.05, 3.63) is 29.8 Å². The van der Waals surface area contributed by atoms with E-state index in [1.54, 1.807) is 26.2 Å². The van der Waals surface area contributed by atoms with Gasteiger partial charge < -0.3 is 37.9 Å². The van der Waals surface area contributed by atoms with Crippen LogP contribution in [0.4, 0.5) is 0 Å². The average molecular weight is 651 g/mol. The molecule has 1 aromatic rings. The van der Waals surface area contributed by atoms with Crippen LogP contribution in [0, 0.1) is 47.4 Å². The molecule has 1 aliphatic heterocycles. The second kappa shape index (κ2) is 20.9. The van der Waals surface area contributed by atoms with Crippen molar-refractivity contribution in [2.75, 3.05) is 20.3 Å². The van der Waals surface area contributed by atoms with Crippen LogP contribution in [0.1, 0.15) is 53.0 Å². The molecule has 1 aliphatic rings. The van der Waals surface area contributed by atoms with Gasteiger partial charge in [-0.1, -0.05) is 24.0 Å². The maximum atomic E-state index is 12.2. The van der Waals surface area contributed by atoms with Gasteiger partial charge in [-0.15, -0.1) is 0 Å². The van der Waals surface area contributed by atoms with E-state index in [-0.39, 0.29) is 19.8 Å². The molecule has 12 heteroatoms. The van der Waals surface area contributed by atoms with Crippen LogP contribution in [0.25, 0.3) is 0 Å². The highest BCUT2D eigenvalue weighted by Crippen LogP contribution is 2.31. The van der Waals surface area contributed by atoms with Crippen molar-refractivity contribution in [1.82, 2.24) is 0 Å². The van der Waals surface area contributed by atoms with E-state index in [0.717, 1.165) is 26.3 Å². The monoisotopic (exact) mass is 650 g/mol. The number of hydrogen-bond donors (Lipinski definition) is 0. The maximum absolute atomic E-state index is 12.2. The molecule has 1 fully saturated rings. The van der Waals surface area contributed by atoms with Crippen LogP contribution in [-0.4, -0.2) is 81.0 Å². The van der Waals surface area contributed by atoms with Crippen molar-refractivity contribution < 1.29 is 57.1 Å². The number of benzene rings is 1. The summed E-state index contributed by atoms with van der Waals surface area (Å²) >= 11 is 0. The third kappa shape index (κ3) is 14.8. The summed E-state index contributed by atoms with van der Waals surface area (Å²) in [7, 11) is 1.57. The first-order valence-electron chi connectivity index (χ1n) is 14.6. The van der Waals surface area contributed by atoms with Crippen molar-refractivity contribution in [2.24, 2.45) is 0 Å². The van der Waals surface area contributed by atoms with E-state index in [9.17, 15) is 19.2 Å². The first-order chi connectivity index (χ1) is 22.5. The van der Waals surface area contributed by atoms with Gasteiger partial charge in [-0.2, -0.15) is 0 Å². The molecule has 0 unspecified atom stereocenters. The molecule has 0 bridgehead atoms.